The van der Waals surface area contributed by atoms with Crippen LogP contribution in [-0.2, 0) is 9.47 Å². The van der Waals surface area contributed by atoms with Crippen LogP contribution in [0.5, 0.6) is 23.0 Å². The van der Waals surface area contributed by atoms with Gasteiger partial charge in [0, 0.05) is 25.0 Å². The highest BCUT2D eigenvalue weighted by molar-refractivity contribution is 7.21. The molecule has 2 aromatic rings. The first-order valence-corrected chi connectivity index (χ1v) is 8.44. The van der Waals surface area contributed by atoms with E-state index in [0.29, 0.717) is 24.7 Å². The van der Waals surface area contributed by atoms with Gasteiger partial charge in [-0.15, -0.1) is 22.7 Å². The molecule has 2 unspecified atom stereocenters. The van der Waals surface area contributed by atoms with Crippen LogP contribution in [0.3, 0.4) is 0 Å². The van der Waals surface area contributed by atoms with Gasteiger partial charge in [0.25, 0.3) is 0 Å². The maximum Gasteiger partial charge on any atom is 0.234 e. The van der Waals surface area contributed by atoms with Gasteiger partial charge in [-0.3, -0.25) is 0 Å². The van der Waals surface area contributed by atoms with E-state index in [-0.39, 0.29) is 6.29 Å². The van der Waals surface area contributed by atoms with Crippen LogP contribution in [0.25, 0.3) is 9.75 Å². The number of hydrogen-bond donors (Lipinski definition) is 0. The summed E-state index contributed by atoms with van der Waals surface area (Å²) in [5.41, 5.74) is 0. The second-order valence-electron chi connectivity index (χ2n) is 4.70. The van der Waals surface area contributed by atoms with Gasteiger partial charge in [-0.05, 0) is 0 Å². The summed E-state index contributed by atoms with van der Waals surface area (Å²) >= 11 is 3.10. The van der Waals surface area contributed by atoms with E-state index < -0.39 is 6.29 Å². The van der Waals surface area contributed by atoms with Crippen LogP contribution in [0.4, 0.5) is 0 Å². The average molecular weight is 342 g/mol. The molecule has 6 nitrogen and oxygen atoms in total. The molecule has 8 heteroatoms. The van der Waals surface area contributed by atoms with Crippen LogP contribution in [-0.4, -0.2) is 40.0 Å². The first-order chi connectivity index (χ1) is 10.8. The molecule has 0 aromatic carbocycles. The van der Waals surface area contributed by atoms with Gasteiger partial charge in [-0.1, -0.05) is 0 Å². The molecule has 0 N–H and O–H groups in total. The molecule has 0 radical (unpaired) electrons. The monoisotopic (exact) mass is 342 g/mol. The molecule has 0 aliphatic carbocycles. The summed E-state index contributed by atoms with van der Waals surface area (Å²) in [6.45, 7) is 0.746. The van der Waals surface area contributed by atoms with Crippen molar-refractivity contribution in [3.8, 4) is 32.8 Å². The molecule has 2 aliphatic rings. The summed E-state index contributed by atoms with van der Waals surface area (Å²) in [6, 6.07) is 0. The second-order valence-corrected chi connectivity index (χ2v) is 6.46. The zero-order chi connectivity index (χ0) is 15.1. The number of methoxy groups -OCH3 is 2. The number of rotatable bonds is 3. The molecular formula is C14H14O6S2. The predicted molar refractivity (Wildman–Crippen MR) is 81.5 cm³/mol. The topological polar surface area (TPSA) is 55.4 Å². The fourth-order valence-electron chi connectivity index (χ4n) is 2.29. The minimum absolute atomic E-state index is 0.360. The molecule has 22 heavy (non-hydrogen) atoms. The van der Waals surface area contributed by atoms with E-state index >= 15 is 0 Å². The minimum Gasteiger partial charge on any atom is -0.482 e. The first-order valence-electron chi connectivity index (χ1n) is 6.68. The third-order valence-electron chi connectivity index (χ3n) is 3.41. The minimum atomic E-state index is -0.397. The van der Waals surface area contributed by atoms with Crippen LogP contribution in [0.1, 0.15) is 0 Å². The Kier molecular flexibility index (Phi) is 3.61. The molecule has 0 spiro atoms. The van der Waals surface area contributed by atoms with Crippen molar-refractivity contribution >= 4 is 22.7 Å². The molecule has 2 aliphatic heterocycles. The summed E-state index contributed by atoms with van der Waals surface area (Å²) in [6.07, 6.45) is -0.767. The molecule has 4 heterocycles. The lowest BCUT2D eigenvalue weighted by atomic mass is 10.3. The lowest BCUT2D eigenvalue weighted by molar-refractivity contribution is -0.0941. The molecule has 2 atom stereocenters. The van der Waals surface area contributed by atoms with Crippen molar-refractivity contribution in [1.29, 1.82) is 0 Å². The van der Waals surface area contributed by atoms with Crippen LogP contribution in [0.2, 0.25) is 0 Å². The molecular weight excluding hydrogens is 328 g/mol. The Balaban J connectivity index is 1.70. The Morgan fingerprint density at radius 1 is 0.864 bits per heavy atom. The molecule has 2 aromatic heterocycles. The largest absolute Gasteiger partial charge is 0.482 e. The zero-order valence-electron chi connectivity index (χ0n) is 12.0. The van der Waals surface area contributed by atoms with Crippen molar-refractivity contribution in [2.24, 2.45) is 0 Å². The van der Waals surface area contributed by atoms with E-state index in [1.54, 1.807) is 36.9 Å². The third-order valence-corrected chi connectivity index (χ3v) is 5.45. The van der Waals surface area contributed by atoms with Crippen molar-refractivity contribution in [3.63, 3.8) is 0 Å². The molecule has 0 bridgehead atoms. The Morgan fingerprint density at radius 3 is 2.27 bits per heavy atom. The van der Waals surface area contributed by atoms with Gasteiger partial charge in [0.05, 0.1) is 9.75 Å². The fourth-order valence-corrected chi connectivity index (χ4v) is 4.29. The summed E-state index contributed by atoms with van der Waals surface area (Å²) in [7, 11) is 3.19. The van der Waals surface area contributed by atoms with Crippen molar-refractivity contribution in [2.75, 3.05) is 27.4 Å². The summed E-state index contributed by atoms with van der Waals surface area (Å²) in [5.74, 6) is 2.86. The van der Waals surface area contributed by atoms with Gasteiger partial charge in [0.1, 0.15) is 0 Å². The van der Waals surface area contributed by atoms with Crippen molar-refractivity contribution in [2.45, 2.75) is 12.6 Å². The normalized spacial score (nSPS) is 22.6. The van der Waals surface area contributed by atoms with Crippen LogP contribution >= 0.6 is 22.7 Å². The number of fused-ring (bicyclic) bond motifs is 2. The van der Waals surface area contributed by atoms with Gasteiger partial charge >= 0.3 is 0 Å². The maximum absolute atomic E-state index is 5.86. The van der Waals surface area contributed by atoms with Gasteiger partial charge < -0.3 is 28.4 Å². The highest BCUT2D eigenvalue weighted by Gasteiger charge is 2.31. The predicted octanol–water partition coefficient (Wildman–Crippen LogP) is 2.96. The van der Waals surface area contributed by atoms with Crippen molar-refractivity contribution in [3.05, 3.63) is 10.8 Å². The lowest BCUT2D eigenvalue weighted by Gasteiger charge is -2.25. The standard InChI is InChI=1S/C14H14O6S2/c1-15-9-4-18-11-8(19-9)6-22-13(11)14-12-7(5-21-14)17-3-10(16-2)20-12/h5-6,9-10H,3-4H2,1-2H3. The Bertz CT molecular complexity index is 679. The van der Waals surface area contributed by atoms with Gasteiger partial charge in [0.2, 0.25) is 12.6 Å². The quantitative estimate of drug-likeness (QED) is 0.855. The molecule has 4 rings (SSSR count). The SMILES string of the molecule is COC1COc2c(csc2-c2scc3c2OC(OC)CO3)O1. The maximum atomic E-state index is 5.86. The summed E-state index contributed by atoms with van der Waals surface area (Å²) in [5, 5.41) is 3.85. The molecule has 0 saturated heterocycles. The van der Waals surface area contributed by atoms with Crippen LogP contribution in [0, 0.1) is 0 Å². The Labute approximate surface area is 135 Å². The number of thiophene rings is 2. The summed E-state index contributed by atoms with van der Waals surface area (Å²) in [4.78, 5) is 1.93. The third kappa shape index (κ3) is 2.23. The number of ether oxygens (including phenoxy) is 6. The molecule has 118 valence electrons. The summed E-state index contributed by atoms with van der Waals surface area (Å²) < 4.78 is 33.4. The van der Waals surface area contributed by atoms with E-state index in [1.165, 1.54) is 0 Å². The molecule has 0 amide bonds. The Morgan fingerprint density at radius 2 is 1.50 bits per heavy atom. The lowest BCUT2D eigenvalue weighted by Crippen LogP contribution is -2.30. The van der Waals surface area contributed by atoms with E-state index in [4.69, 9.17) is 28.4 Å². The van der Waals surface area contributed by atoms with Gasteiger partial charge in [0.15, 0.2) is 36.2 Å². The van der Waals surface area contributed by atoms with Gasteiger partial charge in [-0.25, -0.2) is 0 Å². The van der Waals surface area contributed by atoms with E-state index in [0.717, 1.165) is 21.3 Å². The first kappa shape index (κ1) is 14.1. The average Bonchev–Trinajstić information content (AvgIpc) is 3.16. The highest BCUT2D eigenvalue weighted by Crippen LogP contribution is 2.54. The van der Waals surface area contributed by atoms with Crippen molar-refractivity contribution < 1.29 is 28.4 Å². The van der Waals surface area contributed by atoms with E-state index in [1.807, 2.05) is 10.8 Å². The molecule has 0 fully saturated rings. The van der Waals surface area contributed by atoms with E-state index in [2.05, 4.69) is 0 Å². The smallest absolute Gasteiger partial charge is 0.234 e. The zero-order valence-corrected chi connectivity index (χ0v) is 13.6. The highest BCUT2D eigenvalue weighted by atomic mass is 32.1. The van der Waals surface area contributed by atoms with E-state index in [9.17, 15) is 0 Å². The van der Waals surface area contributed by atoms with Gasteiger partial charge in [-0.2, -0.15) is 0 Å². The van der Waals surface area contributed by atoms with Crippen LogP contribution in [0.15, 0.2) is 10.8 Å². The Hall–Kier alpha value is -1.48. The fraction of sp³-hybridized carbons (Fsp3) is 0.429. The second kappa shape index (κ2) is 5.62. The molecule has 0 saturated carbocycles. The number of hydrogen-bond acceptors (Lipinski definition) is 8. The van der Waals surface area contributed by atoms with Crippen molar-refractivity contribution in [1.82, 2.24) is 0 Å². The van der Waals surface area contributed by atoms with Crippen LogP contribution < -0.4 is 18.9 Å².